The molecule has 0 bridgehead atoms. The molecule has 5 heterocycles. The van der Waals surface area contributed by atoms with E-state index in [0.29, 0.717) is 17.9 Å². The number of hydrogen-bond acceptors (Lipinski definition) is 9. The van der Waals surface area contributed by atoms with E-state index >= 15 is 0 Å². The molecule has 5 aromatic rings. The maximum atomic E-state index is 13.5. The lowest BCUT2D eigenvalue weighted by molar-refractivity contribution is 0.0906. The Kier molecular flexibility index (Phi) is 6.34. The number of fused-ring (bicyclic) bond motifs is 2. The number of H-pyrrole nitrogens is 1. The van der Waals surface area contributed by atoms with E-state index in [-0.39, 0.29) is 17.7 Å². The highest BCUT2D eigenvalue weighted by molar-refractivity contribution is 7.22. The average molecular weight is 543 g/mol. The summed E-state index contributed by atoms with van der Waals surface area (Å²) in [7, 11) is 0. The largest absolute Gasteiger partial charge is 0.376 e. The number of rotatable bonds is 6. The Morgan fingerprint density at radius 3 is 2.82 bits per heavy atom. The van der Waals surface area contributed by atoms with E-state index in [2.05, 4.69) is 61.5 Å². The van der Waals surface area contributed by atoms with Gasteiger partial charge in [0.25, 0.3) is 5.56 Å². The topological polar surface area (TPSA) is 105 Å². The highest BCUT2D eigenvalue weighted by atomic mass is 32.1. The third-order valence-corrected chi connectivity index (χ3v) is 8.86. The lowest BCUT2D eigenvalue weighted by atomic mass is 10.0. The van der Waals surface area contributed by atoms with Gasteiger partial charge in [-0.05, 0) is 65.9 Å². The summed E-state index contributed by atoms with van der Waals surface area (Å²) < 4.78 is 8.91. The van der Waals surface area contributed by atoms with Crippen LogP contribution in [0.3, 0.4) is 0 Å². The van der Waals surface area contributed by atoms with Gasteiger partial charge in [0.05, 0.1) is 22.9 Å². The molecule has 0 radical (unpaired) electrons. The fourth-order valence-electron chi connectivity index (χ4n) is 5.73. The number of pyridine rings is 1. The predicted molar refractivity (Wildman–Crippen MR) is 151 cm³/mol. The highest BCUT2D eigenvalue weighted by Gasteiger charge is 2.34. The van der Waals surface area contributed by atoms with Crippen molar-refractivity contribution in [3.05, 3.63) is 75.8 Å². The van der Waals surface area contributed by atoms with Crippen LogP contribution in [0.15, 0.2) is 53.3 Å². The molecule has 10 nitrogen and oxygen atoms in total. The van der Waals surface area contributed by atoms with Crippen molar-refractivity contribution in [1.82, 2.24) is 35.1 Å². The van der Waals surface area contributed by atoms with Crippen LogP contribution in [-0.4, -0.2) is 74.0 Å². The minimum Gasteiger partial charge on any atom is -0.376 e. The molecule has 2 atom stereocenters. The van der Waals surface area contributed by atoms with Crippen molar-refractivity contribution in [2.45, 2.75) is 38.5 Å². The smallest absolute Gasteiger partial charge is 0.253 e. The number of anilines is 1. The molecule has 0 amide bonds. The molecule has 2 aromatic carbocycles. The second-order valence-electron chi connectivity index (χ2n) is 10.4. The molecule has 2 aliphatic rings. The SMILES string of the molecule is Cc1ccc2[nH]c(=O)c([C@@H](c3nnnn3C[C@@H]3CCCO3)N3CCN(c4nc5ccccc5s4)CC3)cc2c1. The number of ether oxygens (including phenoxy) is 1. The summed E-state index contributed by atoms with van der Waals surface area (Å²) >= 11 is 1.72. The molecule has 2 fully saturated rings. The third-order valence-electron chi connectivity index (χ3n) is 7.76. The van der Waals surface area contributed by atoms with Crippen molar-refractivity contribution in [2.24, 2.45) is 0 Å². The molecule has 2 saturated heterocycles. The number of nitrogens with zero attached hydrogens (tertiary/aromatic N) is 7. The summed E-state index contributed by atoms with van der Waals surface area (Å²) in [6.07, 6.45) is 2.12. The minimum atomic E-state index is -0.382. The van der Waals surface area contributed by atoms with Gasteiger partial charge in [-0.1, -0.05) is 35.1 Å². The van der Waals surface area contributed by atoms with Crippen LogP contribution in [0.25, 0.3) is 21.1 Å². The van der Waals surface area contributed by atoms with Crippen LogP contribution in [0.2, 0.25) is 0 Å². The van der Waals surface area contributed by atoms with Gasteiger partial charge in [-0.25, -0.2) is 9.67 Å². The zero-order chi connectivity index (χ0) is 26.3. The maximum Gasteiger partial charge on any atom is 0.253 e. The number of para-hydroxylation sites is 1. The van der Waals surface area contributed by atoms with Gasteiger partial charge in [0.1, 0.15) is 6.04 Å². The number of piperazine rings is 1. The number of aromatic nitrogens is 6. The first-order chi connectivity index (χ1) is 19.1. The molecule has 2 aliphatic heterocycles. The van der Waals surface area contributed by atoms with E-state index in [0.717, 1.165) is 72.7 Å². The molecule has 7 rings (SSSR count). The normalized spacial score (nSPS) is 19.3. The van der Waals surface area contributed by atoms with Gasteiger partial charge in [-0.3, -0.25) is 9.69 Å². The average Bonchev–Trinajstić information content (AvgIpc) is 3.72. The lowest BCUT2D eigenvalue weighted by Crippen LogP contribution is -2.49. The standard InChI is InChI=1S/C28H30N8O2S/c1-18-8-9-22-19(15-18)16-21(27(37)29-22)25(26-31-32-33-36(26)17-20-5-4-14-38-20)34-10-12-35(13-11-34)28-30-23-6-2-3-7-24(23)39-28/h2-3,6-9,15-16,20,25H,4-5,10-14,17H2,1H3,(H,29,37)/t20-,25-/m0/s1. The van der Waals surface area contributed by atoms with Crippen LogP contribution in [0, 0.1) is 6.92 Å². The van der Waals surface area contributed by atoms with Gasteiger partial charge in [0, 0.05) is 43.9 Å². The van der Waals surface area contributed by atoms with E-state index < -0.39 is 0 Å². The molecule has 11 heteroatoms. The molecule has 0 aliphatic carbocycles. The van der Waals surface area contributed by atoms with Crippen molar-refractivity contribution < 1.29 is 4.74 Å². The van der Waals surface area contributed by atoms with Crippen molar-refractivity contribution >= 4 is 37.6 Å². The van der Waals surface area contributed by atoms with Gasteiger partial charge >= 0.3 is 0 Å². The number of thiazole rings is 1. The monoisotopic (exact) mass is 542 g/mol. The van der Waals surface area contributed by atoms with Gasteiger partial charge in [0.2, 0.25) is 0 Å². The maximum absolute atomic E-state index is 13.5. The van der Waals surface area contributed by atoms with Gasteiger partial charge in [0.15, 0.2) is 11.0 Å². The van der Waals surface area contributed by atoms with Gasteiger partial charge in [-0.2, -0.15) is 0 Å². The van der Waals surface area contributed by atoms with Gasteiger partial charge < -0.3 is 14.6 Å². The van der Waals surface area contributed by atoms with Crippen LogP contribution >= 0.6 is 11.3 Å². The van der Waals surface area contributed by atoms with Crippen LogP contribution in [-0.2, 0) is 11.3 Å². The number of hydrogen-bond donors (Lipinski definition) is 1. The quantitative estimate of drug-likeness (QED) is 0.348. The highest BCUT2D eigenvalue weighted by Crippen LogP contribution is 2.32. The summed E-state index contributed by atoms with van der Waals surface area (Å²) in [5, 5.41) is 14.9. The second kappa shape index (κ2) is 10.1. The molecule has 0 unspecified atom stereocenters. The molecule has 0 saturated carbocycles. The van der Waals surface area contributed by atoms with E-state index in [4.69, 9.17) is 9.72 Å². The molecular formula is C28H30N8O2S. The van der Waals surface area contributed by atoms with Crippen molar-refractivity contribution in [3.8, 4) is 0 Å². The van der Waals surface area contributed by atoms with Crippen molar-refractivity contribution in [3.63, 3.8) is 0 Å². The minimum absolute atomic E-state index is 0.0846. The van der Waals surface area contributed by atoms with Crippen molar-refractivity contribution in [1.29, 1.82) is 0 Å². The molecule has 39 heavy (non-hydrogen) atoms. The van der Waals surface area contributed by atoms with Gasteiger partial charge in [-0.15, -0.1) is 5.10 Å². The van der Waals surface area contributed by atoms with Crippen molar-refractivity contribution in [2.75, 3.05) is 37.7 Å². The lowest BCUT2D eigenvalue weighted by Gasteiger charge is -2.38. The fraction of sp³-hybridized carbons (Fsp3) is 0.393. The fourth-order valence-corrected chi connectivity index (χ4v) is 6.75. The van der Waals surface area contributed by atoms with Crippen LogP contribution in [0.1, 0.15) is 35.8 Å². The molecule has 200 valence electrons. The summed E-state index contributed by atoms with van der Waals surface area (Å²) in [5.74, 6) is 0.677. The van der Waals surface area contributed by atoms with E-state index in [1.54, 1.807) is 11.3 Å². The molecular weight excluding hydrogens is 512 g/mol. The van der Waals surface area contributed by atoms with Crippen LogP contribution in [0.4, 0.5) is 5.13 Å². The third kappa shape index (κ3) is 4.70. The molecule has 1 N–H and O–H groups in total. The van der Waals surface area contributed by atoms with E-state index in [1.807, 2.05) is 28.9 Å². The summed E-state index contributed by atoms with van der Waals surface area (Å²) in [4.78, 5) is 26.2. The van der Waals surface area contributed by atoms with Crippen LogP contribution < -0.4 is 10.5 Å². The number of aromatic amines is 1. The number of benzene rings is 2. The van der Waals surface area contributed by atoms with E-state index in [1.165, 1.54) is 4.70 Å². The Bertz CT molecular complexity index is 1650. The predicted octanol–water partition coefficient (Wildman–Crippen LogP) is 3.52. The number of nitrogens with one attached hydrogen (secondary N) is 1. The molecule has 3 aromatic heterocycles. The summed E-state index contributed by atoms with van der Waals surface area (Å²) in [6.45, 7) is 6.50. The Hall–Kier alpha value is -3.67. The zero-order valence-electron chi connectivity index (χ0n) is 21.8. The Morgan fingerprint density at radius 2 is 2.00 bits per heavy atom. The summed E-state index contributed by atoms with van der Waals surface area (Å²) in [5.41, 5.74) is 3.54. The molecule has 0 spiro atoms. The van der Waals surface area contributed by atoms with Crippen LogP contribution in [0.5, 0.6) is 0 Å². The first-order valence-corrected chi connectivity index (χ1v) is 14.3. The first kappa shape index (κ1) is 24.4. The Balaban J connectivity index is 1.23. The number of aryl methyl sites for hydroxylation is 1. The first-order valence-electron chi connectivity index (χ1n) is 13.5. The zero-order valence-corrected chi connectivity index (χ0v) is 22.6. The second-order valence-corrected chi connectivity index (χ2v) is 11.4. The van der Waals surface area contributed by atoms with E-state index in [9.17, 15) is 4.79 Å². The number of tetrazole rings is 1. The Morgan fingerprint density at radius 1 is 1.13 bits per heavy atom. The summed E-state index contributed by atoms with van der Waals surface area (Å²) in [6, 6.07) is 16.0. The Labute approximate surface area is 229 Å².